The molecule has 3 heterocycles. The number of imide groups is 1. The minimum absolute atomic E-state index is 0.134. The highest BCUT2D eigenvalue weighted by molar-refractivity contribution is 6.00. The normalized spacial score (nSPS) is 25.7. The van der Waals surface area contributed by atoms with Crippen LogP contribution in [0.1, 0.15) is 18.9 Å². The summed E-state index contributed by atoms with van der Waals surface area (Å²) in [4.78, 5) is 34.2. The molecular formula is C24H29N5O3. The van der Waals surface area contributed by atoms with Crippen LogP contribution in [0.5, 0.6) is 5.75 Å². The second kappa shape index (κ2) is 8.44. The number of hydrogen-bond acceptors (Lipinski definition) is 6. The molecule has 3 amide bonds. The molecular weight excluding hydrogens is 406 g/mol. The number of likely N-dealkylation sites (N-methyl/N-ethyl adjacent to an activating group) is 1. The number of amides is 3. The zero-order chi connectivity index (χ0) is 22.2. The molecule has 0 saturated carbocycles. The second-order valence-corrected chi connectivity index (χ2v) is 8.45. The van der Waals surface area contributed by atoms with Gasteiger partial charge in [0.2, 0.25) is 0 Å². The number of nitrogens with zero attached hydrogens (tertiary/aromatic N) is 4. The standard InChI is InChI=1S/C24H29N5O3/c1-3-32-19-12-10-18(11-13-19)27-14-7-15-28-20-21(25-23(27)28)26(2)24(31)29(22(20)30)16-17-8-5-4-6-9-17/h4-6,8-13,20-21,23,25H,3,7,14-16H2,1-2H3. The van der Waals surface area contributed by atoms with Gasteiger partial charge in [-0.1, -0.05) is 30.3 Å². The smallest absolute Gasteiger partial charge is 0.328 e. The molecule has 8 nitrogen and oxygen atoms in total. The molecule has 3 atom stereocenters. The predicted molar refractivity (Wildman–Crippen MR) is 121 cm³/mol. The van der Waals surface area contributed by atoms with Gasteiger partial charge in [0.1, 0.15) is 24.2 Å². The lowest BCUT2D eigenvalue weighted by Crippen LogP contribution is -2.66. The molecule has 32 heavy (non-hydrogen) atoms. The van der Waals surface area contributed by atoms with E-state index in [1.165, 1.54) is 4.90 Å². The van der Waals surface area contributed by atoms with E-state index >= 15 is 0 Å². The van der Waals surface area contributed by atoms with Gasteiger partial charge in [0.15, 0.2) is 0 Å². The van der Waals surface area contributed by atoms with Crippen LogP contribution in [0.25, 0.3) is 0 Å². The lowest BCUT2D eigenvalue weighted by molar-refractivity contribution is -0.139. The van der Waals surface area contributed by atoms with Crippen molar-refractivity contribution in [2.75, 3.05) is 31.6 Å². The van der Waals surface area contributed by atoms with Crippen LogP contribution < -0.4 is 15.0 Å². The van der Waals surface area contributed by atoms with Crippen molar-refractivity contribution in [3.05, 3.63) is 60.2 Å². The molecule has 2 aromatic carbocycles. The minimum Gasteiger partial charge on any atom is -0.494 e. The zero-order valence-corrected chi connectivity index (χ0v) is 18.5. The highest BCUT2D eigenvalue weighted by Gasteiger charge is 2.56. The van der Waals surface area contributed by atoms with Gasteiger partial charge in [-0.25, -0.2) is 4.79 Å². The van der Waals surface area contributed by atoms with E-state index in [9.17, 15) is 9.59 Å². The Morgan fingerprint density at radius 3 is 2.50 bits per heavy atom. The van der Waals surface area contributed by atoms with Crippen molar-refractivity contribution in [1.29, 1.82) is 0 Å². The topological polar surface area (TPSA) is 68.4 Å². The fourth-order valence-electron chi connectivity index (χ4n) is 5.00. The van der Waals surface area contributed by atoms with E-state index in [1.54, 1.807) is 11.9 Å². The van der Waals surface area contributed by atoms with Crippen LogP contribution in [0.15, 0.2) is 54.6 Å². The van der Waals surface area contributed by atoms with E-state index in [0.717, 1.165) is 36.5 Å². The van der Waals surface area contributed by atoms with E-state index in [0.29, 0.717) is 6.61 Å². The van der Waals surface area contributed by atoms with Gasteiger partial charge in [-0.05, 0) is 43.2 Å². The van der Waals surface area contributed by atoms with E-state index in [-0.39, 0.29) is 30.9 Å². The van der Waals surface area contributed by atoms with Crippen LogP contribution >= 0.6 is 0 Å². The quantitative estimate of drug-likeness (QED) is 0.777. The highest BCUT2D eigenvalue weighted by atomic mass is 16.5. The van der Waals surface area contributed by atoms with Crippen molar-refractivity contribution in [3.8, 4) is 5.75 Å². The van der Waals surface area contributed by atoms with Crippen molar-refractivity contribution in [2.45, 2.75) is 38.4 Å². The summed E-state index contributed by atoms with van der Waals surface area (Å²) in [6.07, 6.45) is 0.445. The minimum atomic E-state index is -0.406. The molecule has 3 fully saturated rings. The first kappa shape index (κ1) is 20.8. The summed E-state index contributed by atoms with van der Waals surface area (Å²) >= 11 is 0. The Labute approximate surface area is 188 Å². The lowest BCUT2D eigenvalue weighted by Gasteiger charge is -2.44. The van der Waals surface area contributed by atoms with Crippen LogP contribution in [0.3, 0.4) is 0 Å². The maximum Gasteiger partial charge on any atom is 0.328 e. The molecule has 0 aromatic heterocycles. The van der Waals surface area contributed by atoms with Gasteiger partial charge in [0.25, 0.3) is 5.91 Å². The number of carbonyl (C=O) groups is 2. The SMILES string of the molecule is CCOc1ccc(N2CCCN3C4C(=O)N(Cc5ccccc5)C(=O)N(C)C4NC23)cc1. The molecule has 168 valence electrons. The molecule has 0 aliphatic carbocycles. The molecule has 2 aromatic rings. The van der Waals surface area contributed by atoms with Gasteiger partial charge in [0, 0.05) is 25.8 Å². The summed E-state index contributed by atoms with van der Waals surface area (Å²) in [5.74, 6) is 0.709. The largest absolute Gasteiger partial charge is 0.494 e. The van der Waals surface area contributed by atoms with Crippen LogP contribution in [0.2, 0.25) is 0 Å². The van der Waals surface area contributed by atoms with Crippen molar-refractivity contribution < 1.29 is 14.3 Å². The van der Waals surface area contributed by atoms with Crippen LogP contribution in [0.4, 0.5) is 10.5 Å². The molecule has 8 heteroatoms. The van der Waals surface area contributed by atoms with Gasteiger partial charge in [-0.3, -0.25) is 19.9 Å². The van der Waals surface area contributed by atoms with Crippen molar-refractivity contribution in [1.82, 2.24) is 20.0 Å². The summed E-state index contributed by atoms with van der Waals surface area (Å²) in [7, 11) is 1.77. The van der Waals surface area contributed by atoms with Crippen molar-refractivity contribution in [2.24, 2.45) is 0 Å². The summed E-state index contributed by atoms with van der Waals surface area (Å²) in [6.45, 7) is 4.57. The Morgan fingerprint density at radius 2 is 1.78 bits per heavy atom. The average Bonchev–Trinajstić information content (AvgIpc) is 3.22. The number of anilines is 1. The van der Waals surface area contributed by atoms with Gasteiger partial charge in [-0.15, -0.1) is 0 Å². The average molecular weight is 436 g/mol. The highest BCUT2D eigenvalue weighted by Crippen LogP contribution is 2.34. The Balaban J connectivity index is 1.40. The first-order chi connectivity index (χ1) is 15.6. The molecule has 3 aliphatic rings. The number of rotatable bonds is 5. The van der Waals surface area contributed by atoms with E-state index < -0.39 is 6.04 Å². The van der Waals surface area contributed by atoms with Crippen molar-refractivity contribution in [3.63, 3.8) is 0 Å². The zero-order valence-electron chi connectivity index (χ0n) is 18.5. The van der Waals surface area contributed by atoms with E-state index in [4.69, 9.17) is 4.74 Å². The summed E-state index contributed by atoms with van der Waals surface area (Å²) in [6, 6.07) is 17.0. The van der Waals surface area contributed by atoms with E-state index in [2.05, 4.69) is 27.2 Å². The molecule has 3 aliphatic heterocycles. The fourth-order valence-corrected chi connectivity index (χ4v) is 5.00. The molecule has 3 saturated heterocycles. The van der Waals surface area contributed by atoms with Gasteiger partial charge in [-0.2, -0.15) is 0 Å². The number of ether oxygens (including phenoxy) is 1. The van der Waals surface area contributed by atoms with Gasteiger partial charge >= 0.3 is 6.03 Å². The Hall–Kier alpha value is -3.10. The number of nitrogens with one attached hydrogen (secondary N) is 1. The third-order valence-corrected chi connectivity index (χ3v) is 6.53. The van der Waals surface area contributed by atoms with Gasteiger partial charge < -0.3 is 14.5 Å². The molecule has 5 rings (SSSR count). The van der Waals surface area contributed by atoms with Crippen LogP contribution in [-0.4, -0.2) is 71.9 Å². The number of hydrogen-bond donors (Lipinski definition) is 1. The Morgan fingerprint density at radius 1 is 1.03 bits per heavy atom. The second-order valence-electron chi connectivity index (χ2n) is 8.45. The maximum atomic E-state index is 13.5. The summed E-state index contributed by atoms with van der Waals surface area (Å²) < 4.78 is 5.57. The van der Waals surface area contributed by atoms with Gasteiger partial charge in [0.05, 0.1) is 13.2 Å². The third kappa shape index (κ3) is 3.49. The van der Waals surface area contributed by atoms with Crippen LogP contribution in [-0.2, 0) is 11.3 Å². The number of urea groups is 1. The monoisotopic (exact) mass is 435 g/mol. The number of benzene rings is 2. The summed E-state index contributed by atoms with van der Waals surface area (Å²) in [5.41, 5.74) is 2.01. The molecule has 3 unspecified atom stereocenters. The maximum absolute atomic E-state index is 13.5. The van der Waals surface area contributed by atoms with Crippen molar-refractivity contribution >= 4 is 17.6 Å². The molecule has 0 radical (unpaired) electrons. The molecule has 0 bridgehead atoms. The Kier molecular flexibility index (Phi) is 5.48. The van der Waals surface area contributed by atoms with Crippen LogP contribution in [0, 0.1) is 0 Å². The lowest BCUT2D eigenvalue weighted by atomic mass is 10.1. The first-order valence-electron chi connectivity index (χ1n) is 11.2. The number of carbonyl (C=O) groups excluding carboxylic acids is 2. The fraction of sp³-hybridized carbons (Fsp3) is 0.417. The molecule has 0 spiro atoms. The number of fused-ring (bicyclic) bond motifs is 3. The predicted octanol–water partition coefficient (Wildman–Crippen LogP) is 2.27. The Bertz CT molecular complexity index is 983. The summed E-state index contributed by atoms with van der Waals surface area (Å²) in [5, 5.41) is 3.56. The molecule has 1 N–H and O–H groups in total. The third-order valence-electron chi connectivity index (χ3n) is 6.53. The first-order valence-corrected chi connectivity index (χ1v) is 11.2. The van der Waals surface area contributed by atoms with E-state index in [1.807, 2.05) is 49.4 Å².